The number of halogens is 2. The molecule has 7 heteroatoms. The summed E-state index contributed by atoms with van der Waals surface area (Å²) < 4.78 is 25.3. The quantitative estimate of drug-likeness (QED) is 0.415. The lowest BCUT2D eigenvalue weighted by Crippen LogP contribution is -2.19. The summed E-state index contributed by atoms with van der Waals surface area (Å²) in [7, 11) is 0. The van der Waals surface area contributed by atoms with Crippen molar-refractivity contribution in [3.63, 3.8) is 0 Å². The van der Waals surface area contributed by atoms with Gasteiger partial charge in [-0.25, -0.2) is 9.18 Å². The van der Waals surface area contributed by atoms with Gasteiger partial charge >= 0.3 is 5.97 Å². The second-order valence-corrected chi connectivity index (χ2v) is 6.86. The second kappa shape index (κ2) is 8.92. The van der Waals surface area contributed by atoms with Crippen LogP contribution in [0.4, 0.5) is 4.39 Å². The van der Waals surface area contributed by atoms with Crippen LogP contribution >= 0.6 is 11.6 Å². The molecular formula is C22H19ClFNO4. The Morgan fingerprint density at radius 2 is 1.66 bits per heavy atom. The zero-order valence-electron chi connectivity index (χ0n) is 15.9. The SMILES string of the molecule is Cc1cc(C(=O)COC(=O)COc2ccc(Cl)cc2)c(C)n1-c1ccc(F)cc1. The molecule has 0 aliphatic carbocycles. The molecule has 0 bridgehead atoms. The molecule has 0 amide bonds. The number of hydrogen-bond acceptors (Lipinski definition) is 4. The van der Waals surface area contributed by atoms with Gasteiger partial charge in [0.2, 0.25) is 5.78 Å². The molecular weight excluding hydrogens is 397 g/mol. The average Bonchev–Trinajstić information content (AvgIpc) is 3.00. The molecule has 0 radical (unpaired) electrons. The molecule has 1 aromatic heterocycles. The number of carbonyl (C=O) groups excluding carboxylic acids is 2. The van der Waals surface area contributed by atoms with Crippen LogP contribution in [0.2, 0.25) is 5.02 Å². The average molecular weight is 416 g/mol. The largest absolute Gasteiger partial charge is 0.482 e. The van der Waals surface area contributed by atoms with Gasteiger partial charge in [0.1, 0.15) is 11.6 Å². The van der Waals surface area contributed by atoms with Crippen LogP contribution in [-0.4, -0.2) is 29.5 Å². The first-order valence-electron chi connectivity index (χ1n) is 8.87. The molecule has 3 aromatic rings. The molecule has 29 heavy (non-hydrogen) atoms. The number of ether oxygens (including phenoxy) is 2. The maximum absolute atomic E-state index is 13.2. The summed E-state index contributed by atoms with van der Waals surface area (Å²) in [5.41, 5.74) is 2.69. The Morgan fingerprint density at radius 3 is 2.31 bits per heavy atom. The highest BCUT2D eigenvalue weighted by Gasteiger charge is 2.18. The first kappa shape index (κ1) is 20.6. The van der Waals surface area contributed by atoms with Crippen LogP contribution in [0.15, 0.2) is 54.6 Å². The Morgan fingerprint density at radius 1 is 1.00 bits per heavy atom. The fraction of sp³-hybridized carbons (Fsp3) is 0.182. The first-order chi connectivity index (χ1) is 13.8. The lowest BCUT2D eigenvalue weighted by Gasteiger charge is -2.10. The number of ketones is 1. The van der Waals surface area contributed by atoms with Crippen molar-refractivity contribution in [2.45, 2.75) is 13.8 Å². The van der Waals surface area contributed by atoms with Crippen LogP contribution in [0.1, 0.15) is 21.7 Å². The summed E-state index contributed by atoms with van der Waals surface area (Å²) in [4.78, 5) is 24.4. The number of benzene rings is 2. The summed E-state index contributed by atoms with van der Waals surface area (Å²) >= 11 is 5.79. The van der Waals surface area contributed by atoms with Crippen LogP contribution in [0.3, 0.4) is 0 Å². The number of aromatic nitrogens is 1. The van der Waals surface area contributed by atoms with Crippen LogP contribution in [0, 0.1) is 19.7 Å². The third-order valence-corrected chi connectivity index (χ3v) is 4.60. The van der Waals surface area contributed by atoms with Crippen molar-refractivity contribution in [1.82, 2.24) is 4.57 Å². The van der Waals surface area contributed by atoms with Crippen molar-refractivity contribution in [1.29, 1.82) is 0 Å². The fourth-order valence-corrected chi connectivity index (χ4v) is 3.10. The van der Waals surface area contributed by atoms with Crippen molar-refractivity contribution in [3.05, 3.63) is 82.4 Å². The Labute approximate surface area is 172 Å². The van der Waals surface area contributed by atoms with E-state index in [1.807, 2.05) is 11.5 Å². The molecule has 0 saturated carbocycles. The lowest BCUT2D eigenvalue weighted by molar-refractivity contribution is -0.144. The van der Waals surface area contributed by atoms with Gasteiger partial charge in [0.25, 0.3) is 0 Å². The van der Waals surface area contributed by atoms with E-state index in [-0.39, 0.29) is 18.2 Å². The highest BCUT2D eigenvalue weighted by molar-refractivity contribution is 6.30. The van der Waals surface area contributed by atoms with E-state index in [1.165, 1.54) is 12.1 Å². The Balaban J connectivity index is 1.60. The molecule has 0 fully saturated rings. The smallest absolute Gasteiger partial charge is 0.344 e. The molecule has 0 atom stereocenters. The van der Waals surface area contributed by atoms with Crippen LogP contribution in [0.25, 0.3) is 5.69 Å². The number of hydrogen-bond donors (Lipinski definition) is 0. The van der Waals surface area contributed by atoms with Gasteiger partial charge in [0, 0.05) is 27.7 Å². The zero-order chi connectivity index (χ0) is 21.0. The van der Waals surface area contributed by atoms with E-state index in [0.29, 0.717) is 22.0 Å². The monoisotopic (exact) mass is 415 g/mol. The molecule has 0 N–H and O–H groups in total. The highest BCUT2D eigenvalue weighted by Crippen LogP contribution is 2.22. The maximum atomic E-state index is 13.2. The van der Waals surface area contributed by atoms with Gasteiger partial charge in [-0.15, -0.1) is 0 Å². The third-order valence-electron chi connectivity index (χ3n) is 4.35. The fourth-order valence-electron chi connectivity index (χ4n) is 2.97. The molecule has 0 saturated heterocycles. The van der Waals surface area contributed by atoms with E-state index < -0.39 is 12.6 Å². The number of esters is 1. The summed E-state index contributed by atoms with van der Waals surface area (Å²) in [5, 5.41) is 0.559. The van der Waals surface area contributed by atoms with Gasteiger partial charge < -0.3 is 14.0 Å². The molecule has 0 spiro atoms. The van der Waals surface area contributed by atoms with Gasteiger partial charge in [-0.1, -0.05) is 11.6 Å². The molecule has 0 unspecified atom stereocenters. The van der Waals surface area contributed by atoms with Gasteiger partial charge in [-0.05, 0) is 68.4 Å². The predicted octanol–water partition coefficient (Wildman–Crippen LogP) is 4.69. The summed E-state index contributed by atoms with van der Waals surface area (Å²) in [6.07, 6.45) is 0. The Bertz CT molecular complexity index is 1030. The standard InChI is InChI=1S/C22H19ClFNO4/c1-14-11-20(15(2)25(14)18-7-5-17(24)6-8-18)21(26)12-29-22(27)13-28-19-9-3-16(23)4-10-19/h3-11H,12-13H2,1-2H3. The molecule has 2 aromatic carbocycles. The second-order valence-electron chi connectivity index (χ2n) is 6.42. The number of carbonyl (C=O) groups is 2. The molecule has 5 nitrogen and oxygen atoms in total. The van der Waals surface area contributed by atoms with E-state index in [0.717, 1.165) is 11.4 Å². The first-order valence-corrected chi connectivity index (χ1v) is 9.25. The molecule has 150 valence electrons. The minimum atomic E-state index is -0.652. The number of nitrogens with zero attached hydrogens (tertiary/aromatic N) is 1. The van der Waals surface area contributed by atoms with E-state index in [4.69, 9.17) is 21.1 Å². The zero-order valence-corrected chi connectivity index (χ0v) is 16.7. The molecule has 3 rings (SSSR count). The summed E-state index contributed by atoms with van der Waals surface area (Å²) in [6.45, 7) is 2.92. The van der Waals surface area contributed by atoms with Crippen LogP contribution < -0.4 is 4.74 Å². The van der Waals surface area contributed by atoms with E-state index in [2.05, 4.69) is 0 Å². The minimum absolute atomic E-state index is 0.316. The Kier molecular flexibility index (Phi) is 6.34. The lowest BCUT2D eigenvalue weighted by atomic mass is 10.1. The van der Waals surface area contributed by atoms with Gasteiger partial charge in [-0.2, -0.15) is 0 Å². The van der Waals surface area contributed by atoms with Crippen LogP contribution in [0.5, 0.6) is 5.75 Å². The van der Waals surface area contributed by atoms with E-state index in [9.17, 15) is 14.0 Å². The van der Waals surface area contributed by atoms with Crippen molar-refractivity contribution >= 4 is 23.4 Å². The number of rotatable bonds is 7. The van der Waals surface area contributed by atoms with Crippen molar-refractivity contribution < 1.29 is 23.5 Å². The van der Waals surface area contributed by atoms with E-state index in [1.54, 1.807) is 49.4 Å². The number of aryl methyl sites for hydroxylation is 1. The molecule has 0 aliphatic heterocycles. The Hall–Kier alpha value is -3.12. The van der Waals surface area contributed by atoms with Crippen molar-refractivity contribution in [2.24, 2.45) is 0 Å². The van der Waals surface area contributed by atoms with Crippen LogP contribution in [-0.2, 0) is 9.53 Å². The van der Waals surface area contributed by atoms with E-state index >= 15 is 0 Å². The number of Topliss-reactive ketones (excluding diaryl/α,β-unsaturated/α-hetero) is 1. The van der Waals surface area contributed by atoms with Crippen molar-refractivity contribution in [2.75, 3.05) is 13.2 Å². The maximum Gasteiger partial charge on any atom is 0.344 e. The topological polar surface area (TPSA) is 57.5 Å². The predicted molar refractivity (Wildman–Crippen MR) is 107 cm³/mol. The molecule has 0 aliphatic rings. The highest BCUT2D eigenvalue weighted by atomic mass is 35.5. The normalized spacial score (nSPS) is 10.6. The van der Waals surface area contributed by atoms with Gasteiger partial charge in [-0.3, -0.25) is 4.79 Å². The molecule has 1 heterocycles. The minimum Gasteiger partial charge on any atom is -0.482 e. The summed E-state index contributed by atoms with van der Waals surface area (Å²) in [5.74, 6) is -0.840. The van der Waals surface area contributed by atoms with Crippen molar-refractivity contribution in [3.8, 4) is 11.4 Å². The van der Waals surface area contributed by atoms with Gasteiger partial charge in [0.05, 0.1) is 0 Å². The summed E-state index contributed by atoms with van der Waals surface area (Å²) in [6, 6.07) is 14.3. The third kappa shape index (κ3) is 5.03. The van der Waals surface area contributed by atoms with Gasteiger partial charge in [0.15, 0.2) is 13.2 Å².